The Hall–Kier alpha value is -1.03. The molecule has 78 valence electrons. The van der Waals surface area contributed by atoms with Crippen molar-refractivity contribution < 1.29 is 0 Å². The number of nitrogens with two attached hydrogens (primary N) is 1. The Morgan fingerprint density at radius 1 is 1.57 bits per heavy atom. The fraction of sp³-hybridized carbons (Fsp3) is 0.700. The molecule has 0 aromatic carbocycles. The second-order valence-electron chi connectivity index (χ2n) is 4.17. The van der Waals surface area contributed by atoms with Gasteiger partial charge < -0.3 is 15.2 Å². The Labute approximate surface area is 84.7 Å². The first-order valence-electron chi connectivity index (χ1n) is 5.18. The summed E-state index contributed by atoms with van der Waals surface area (Å²) in [6.45, 7) is 3.24. The minimum absolute atomic E-state index is 0.363. The molecule has 0 radical (unpaired) electrons. The molecule has 0 spiro atoms. The molecule has 1 aliphatic rings. The second-order valence-corrected chi connectivity index (χ2v) is 4.17. The SMILES string of the molecule is CC1CC(N)CCN1c1nccn1C. The van der Waals surface area contributed by atoms with Crippen LogP contribution < -0.4 is 10.6 Å². The van der Waals surface area contributed by atoms with Gasteiger partial charge in [0.05, 0.1) is 0 Å². The molecule has 0 aliphatic carbocycles. The summed E-state index contributed by atoms with van der Waals surface area (Å²) in [6, 6.07) is 0.862. The van der Waals surface area contributed by atoms with Crippen molar-refractivity contribution in [3.63, 3.8) is 0 Å². The standard InChI is InChI=1S/C10H18N4/c1-8-7-9(11)3-5-14(8)10-12-4-6-13(10)2/h4,6,8-9H,3,5,7,11H2,1-2H3. The summed E-state index contributed by atoms with van der Waals surface area (Å²) in [4.78, 5) is 6.70. The average Bonchev–Trinajstić information content (AvgIpc) is 2.52. The molecule has 4 nitrogen and oxygen atoms in total. The molecule has 2 heterocycles. The highest BCUT2D eigenvalue weighted by Crippen LogP contribution is 2.21. The summed E-state index contributed by atoms with van der Waals surface area (Å²) in [5.41, 5.74) is 5.92. The highest BCUT2D eigenvalue weighted by molar-refractivity contribution is 5.33. The number of hydrogen-bond donors (Lipinski definition) is 1. The molecule has 1 aliphatic heterocycles. The first-order valence-corrected chi connectivity index (χ1v) is 5.18. The minimum Gasteiger partial charge on any atom is -0.339 e. The number of anilines is 1. The Morgan fingerprint density at radius 3 is 2.93 bits per heavy atom. The van der Waals surface area contributed by atoms with Gasteiger partial charge in [0.25, 0.3) is 0 Å². The zero-order valence-electron chi connectivity index (χ0n) is 8.85. The van der Waals surface area contributed by atoms with E-state index in [4.69, 9.17) is 5.73 Å². The maximum absolute atomic E-state index is 5.92. The number of imidazole rings is 1. The number of rotatable bonds is 1. The predicted molar refractivity (Wildman–Crippen MR) is 57.2 cm³/mol. The molecule has 0 bridgehead atoms. The van der Waals surface area contributed by atoms with E-state index >= 15 is 0 Å². The van der Waals surface area contributed by atoms with Crippen molar-refractivity contribution >= 4 is 5.95 Å². The highest BCUT2D eigenvalue weighted by Gasteiger charge is 2.25. The zero-order chi connectivity index (χ0) is 10.1. The first kappa shape index (κ1) is 9.52. The lowest BCUT2D eigenvalue weighted by molar-refractivity contribution is 0.422. The Bertz CT molecular complexity index is 307. The number of nitrogens with zero attached hydrogens (tertiary/aromatic N) is 3. The smallest absolute Gasteiger partial charge is 0.205 e. The fourth-order valence-electron chi connectivity index (χ4n) is 2.14. The maximum atomic E-state index is 5.92. The number of aryl methyl sites for hydroxylation is 1. The normalized spacial score (nSPS) is 28.1. The van der Waals surface area contributed by atoms with E-state index in [1.165, 1.54) is 0 Å². The molecular weight excluding hydrogens is 176 g/mol. The largest absolute Gasteiger partial charge is 0.339 e. The molecule has 14 heavy (non-hydrogen) atoms. The van der Waals surface area contributed by atoms with Gasteiger partial charge in [0.15, 0.2) is 0 Å². The van der Waals surface area contributed by atoms with Crippen LogP contribution in [0.2, 0.25) is 0 Å². The van der Waals surface area contributed by atoms with Gasteiger partial charge in [-0.15, -0.1) is 0 Å². The lowest BCUT2D eigenvalue weighted by Gasteiger charge is -2.36. The molecule has 2 unspecified atom stereocenters. The van der Waals surface area contributed by atoms with Gasteiger partial charge in [-0.25, -0.2) is 4.98 Å². The van der Waals surface area contributed by atoms with Crippen LogP contribution in [-0.4, -0.2) is 28.2 Å². The zero-order valence-corrected chi connectivity index (χ0v) is 8.85. The van der Waals surface area contributed by atoms with Crippen molar-refractivity contribution in [1.29, 1.82) is 0 Å². The van der Waals surface area contributed by atoms with Crippen LogP contribution in [0, 0.1) is 0 Å². The molecule has 1 aromatic heterocycles. The molecule has 2 N–H and O–H groups in total. The monoisotopic (exact) mass is 194 g/mol. The van der Waals surface area contributed by atoms with Crippen LogP contribution in [0.25, 0.3) is 0 Å². The number of aromatic nitrogens is 2. The Balaban J connectivity index is 2.15. The van der Waals surface area contributed by atoms with Gasteiger partial charge in [-0.2, -0.15) is 0 Å². The van der Waals surface area contributed by atoms with Gasteiger partial charge in [-0.1, -0.05) is 0 Å². The van der Waals surface area contributed by atoms with Crippen LogP contribution in [-0.2, 0) is 7.05 Å². The van der Waals surface area contributed by atoms with Crippen LogP contribution in [0.3, 0.4) is 0 Å². The van der Waals surface area contributed by atoms with Gasteiger partial charge in [0, 0.05) is 38.1 Å². The number of hydrogen-bond acceptors (Lipinski definition) is 3. The second kappa shape index (κ2) is 3.61. The van der Waals surface area contributed by atoms with E-state index in [9.17, 15) is 0 Å². The van der Waals surface area contributed by atoms with Crippen LogP contribution in [0.4, 0.5) is 5.95 Å². The molecular formula is C10H18N4. The first-order chi connectivity index (χ1) is 6.68. The lowest BCUT2D eigenvalue weighted by atomic mass is 10.00. The van der Waals surface area contributed by atoms with Crippen molar-refractivity contribution in [3.05, 3.63) is 12.4 Å². The molecule has 0 amide bonds. The van der Waals surface area contributed by atoms with Crippen molar-refractivity contribution in [2.75, 3.05) is 11.4 Å². The van der Waals surface area contributed by atoms with Gasteiger partial charge >= 0.3 is 0 Å². The highest BCUT2D eigenvalue weighted by atomic mass is 15.3. The summed E-state index contributed by atoms with van der Waals surface area (Å²) in [5.74, 6) is 1.06. The van der Waals surface area contributed by atoms with Crippen LogP contribution in [0.5, 0.6) is 0 Å². The quantitative estimate of drug-likeness (QED) is 0.717. The van der Waals surface area contributed by atoms with Gasteiger partial charge in [-0.05, 0) is 19.8 Å². The topological polar surface area (TPSA) is 47.1 Å². The van der Waals surface area contributed by atoms with Gasteiger partial charge in [0.2, 0.25) is 5.95 Å². The van der Waals surface area contributed by atoms with Crippen molar-refractivity contribution in [2.24, 2.45) is 12.8 Å². The van der Waals surface area contributed by atoms with E-state index in [-0.39, 0.29) is 0 Å². The Morgan fingerprint density at radius 2 is 2.36 bits per heavy atom. The molecule has 1 saturated heterocycles. The Kier molecular flexibility index (Phi) is 2.46. The molecule has 1 fully saturated rings. The third-order valence-electron chi connectivity index (χ3n) is 2.97. The average molecular weight is 194 g/mol. The maximum Gasteiger partial charge on any atom is 0.205 e. The minimum atomic E-state index is 0.363. The van der Waals surface area contributed by atoms with Crippen LogP contribution >= 0.6 is 0 Å². The van der Waals surface area contributed by atoms with E-state index in [1.54, 1.807) is 0 Å². The van der Waals surface area contributed by atoms with Gasteiger partial charge in [0.1, 0.15) is 0 Å². The van der Waals surface area contributed by atoms with Crippen LogP contribution in [0.1, 0.15) is 19.8 Å². The summed E-state index contributed by atoms with van der Waals surface area (Å²) in [6.07, 6.45) is 5.96. The molecule has 2 atom stereocenters. The molecule has 2 rings (SSSR count). The van der Waals surface area contributed by atoms with E-state index in [0.29, 0.717) is 12.1 Å². The van der Waals surface area contributed by atoms with Crippen LogP contribution in [0.15, 0.2) is 12.4 Å². The van der Waals surface area contributed by atoms with E-state index in [0.717, 1.165) is 25.3 Å². The van der Waals surface area contributed by atoms with Crippen molar-refractivity contribution in [1.82, 2.24) is 9.55 Å². The summed E-state index contributed by atoms with van der Waals surface area (Å²) in [7, 11) is 2.03. The fourth-order valence-corrected chi connectivity index (χ4v) is 2.14. The van der Waals surface area contributed by atoms with E-state index in [1.807, 2.05) is 19.4 Å². The molecule has 0 saturated carbocycles. The van der Waals surface area contributed by atoms with Gasteiger partial charge in [-0.3, -0.25) is 0 Å². The molecule has 4 heteroatoms. The third kappa shape index (κ3) is 1.62. The number of piperidine rings is 1. The molecule has 1 aromatic rings. The lowest BCUT2D eigenvalue weighted by Crippen LogP contribution is -2.46. The summed E-state index contributed by atoms with van der Waals surface area (Å²) in [5, 5.41) is 0. The summed E-state index contributed by atoms with van der Waals surface area (Å²) < 4.78 is 2.06. The van der Waals surface area contributed by atoms with E-state index in [2.05, 4.69) is 21.4 Å². The van der Waals surface area contributed by atoms with E-state index < -0.39 is 0 Å². The summed E-state index contributed by atoms with van der Waals surface area (Å²) >= 11 is 0. The third-order valence-corrected chi connectivity index (χ3v) is 2.97. The van der Waals surface area contributed by atoms with Crippen molar-refractivity contribution in [3.8, 4) is 0 Å². The predicted octanol–water partition coefficient (Wildman–Crippen LogP) is 0.736. The van der Waals surface area contributed by atoms with Crippen molar-refractivity contribution in [2.45, 2.75) is 31.8 Å².